The summed E-state index contributed by atoms with van der Waals surface area (Å²) < 4.78 is 16.9. The molecule has 0 aromatic heterocycles. The monoisotopic (exact) mass is 1140 g/mol. The van der Waals surface area contributed by atoms with Crippen molar-refractivity contribution in [1.82, 2.24) is 0 Å². The van der Waals surface area contributed by atoms with Gasteiger partial charge in [0.2, 0.25) is 0 Å². The summed E-state index contributed by atoms with van der Waals surface area (Å²) in [7, 11) is 0. The first kappa shape index (κ1) is 78.0. The Kier molecular flexibility index (Phi) is 65.4. The zero-order valence-corrected chi connectivity index (χ0v) is 53.7. The van der Waals surface area contributed by atoms with Gasteiger partial charge in [0.1, 0.15) is 13.2 Å². The molecule has 0 aromatic carbocycles. The van der Waals surface area contributed by atoms with Gasteiger partial charge in [0.15, 0.2) is 6.10 Å². The fraction of sp³-hybridized carbons (Fsp3) is 0.623. The van der Waals surface area contributed by atoms with Gasteiger partial charge in [-0.3, -0.25) is 14.4 Å². The summed E-state index contributed by atoms with van der Waals surface area (Å²) in [6.45, 7) is 6.36. The van der Waals surface area contributed by atoms with Gasteiger partial charge >= 0.3 is 17.9 Å². The molecule has 0 N–H and O–H groups in total. The lowest BCUT2D eigenvalue weighted by Gasteiger charge is -2.18. The molecular formula is C77H124O6. The number of esters is 3. The van der Waals surface area contributed by atoms with Crippen LogP contribution >= 0.6 is 0 Å². The first-order chi connectivity index (χ1) is 41.0. The van der Waals surface area contributed by atoms with Crippen molar-refractivity contribution in [3.8, 4) is 0 Å². The highest BCUT2D eigenvalue weighted by atomic mass is 16.6. The molecule has 468 valence electrons. The smallest absolute Gasteiger partial charge is 0.306 e. The molecule has 0 aromatic rings. The first-order valence-corrected chi connectivity index (χ1v) is 34.0. The number of hydrogen-bond acceptors (Lipinski definition) is 6. The second-order valence-electron chi connectivity index (χ2n) is 22.0. The lowest BCUT2D eigenvalue weighted by molar-refractivity contribution is -0.167. The Morgan fingerprint density at radius 1 is 0.253 bits per heavy atom. The van der Waals surface area contributed by atoms with Gasteiger partial charge in [-0.25, -0.2) is 0 Å². The summed E-state index contributed by atoms with van der Waals surface area (Å²) in [5.74, 6) is -0.923. The van der Waals surface area contributed by atoms with Crippen LogP contribution < -0.4 is 0 Å². The average Bonchev–Trinajstić information content (AvgIpc) is 3.48. The van der Waals surface area contributed by atoms with Crippen LogP contribution in [0.1, 0.15) is 290 Å². The number of carbonyl (C=O) groups excluding carboxylic acids is 3. The maximum atomic E-state index is 12.9. The molecule has 0 saturated carbocycles. The van der Waals surface area contributed by atoms with Crippen LogP contribution in [-0.4, -0.2) is 37.2 Å². The normalized spacial score (nSPS) is 13.1. The average molecular weight is 1150 g/mol. The van der Waals surface area contributed by atoms with E-state index in [-0.39, 0.29) is 31.1 Å². The summed E-state index contributed by atoms with van der Waals surface area (Å²) >= 11 is 0. The molecule has 0 aliphatic rings. The van der Waals surface area contributed by atoms with Gasteiger partial charge in [0, 0.05) is 19.3 Å². The Labute approximate surface area is 511 Å². The summed E-state index contributed by atoms with van der Waals surface area (Å²) in [4.78, 5) is 38.3. The maximum Gasteiger partial charge on any atom is 0.306 e. The minimum absolute atomic E-state index is 0.0943. The van der Waals surface area contributed by atoms with Crippen LogP contribution in [-0.2, 0) is 28.6 Å². The molecular weight excluding hydrogens is 1020 g/mol. The van der Waals surface area contributed by atoms with E-state index < -0.39 is 6.10 Å². The van der Waals surface area contributed by atoms with Crippen molar-refractivity contribution in [3.05, 3.63) is 158 Å². The molecule has 6 nitrogen and oxygen atoms in total. The van der Waals surface area contributed by atoms with Gasteiger partial charge in [-0.1, -0.05) is 288 Å². The van der Waals surface area contributed by atoms with E-state index in [0.717, 1.165) is 161 Å². The highest BCUT2D eigenvalue weighted by Crippen LogP contribution is 2.15. The zero-order chi connectivity index (χ0) is 59.9. The van der Waals surface area contributed by atoms with E-state index in [1.54, 1.807) is 0 Å². The van der Waals surface area contributed by atoms with E-state index in [9.17, 15) is 14.4 Å². The van der Waals surface area contributed by atoms with Crippen molar-refractivity contribution in [2.24, 2.45) is 0 Å². The molecule has 0 heterocycles. The van der Waals surface area contributed by atoms with Crippen molar-refractivity contribution in [2.75, 3.05) is 13.2 Å². The van der Waals surface area contributed by atoms with Crippen molar-refractivity contribution in [2.45, 2.75) is 297 Å². The number of ether oxygens (including phenoxy) is 3. The second-order valence-corrected chi connectivity index (χ2v) is 22.0. The maximum absolute atomic E-state index is 12.9. The van der Waals surface area contributed by atoms with E-state index in [4.69, 9.17) is 14.2 Å². The molecule has 1 atom stereocenters. The third kappa shape index (κ3) is 67.7. The Bertz CT molecular complexity index is 1840. The summed E-state index contributed by atoms with van der Waals surface area (Å²) in [6, 6.07) is 0. The Morgan fingerprint density at radius 3 is 0.747 bits per heavy atom. The van der Waals surface area contributed by atoms with Gasteiger partial charge in [-0.15, -0.1) is 0 Å². The van der Waals surface area contributed by atoms with Gasteiger partial charge in [-0.2, -0.15) is 0 Å². The van der Waals surface area contributed by atoms with Crippen molar-refractivity contribution >= 4 is 17.9 Å². The number of unbranched alkanes of at least 4 members (excludes halogenated alkanes) is 23. The Balaban J connectivity index is 4.33. The molecule has 0 rings (SSSR count). The summed E-state index contributed by atoms with van der Waals surface area (Å²) in [5.41, 5.74) is 0. The minimum atomic E-state index is -0.800. The third-order valence-corrected chi connectivity index (χ3v) is 14.0. The standard InChI is InChI=1S/C77H124O6/c1-4-7-10-13-16-19-22-24-26-28-30-32-34-36-37-38-39-41-42-44-46-48-50-52-55-58-61-64-67-70-76(79)82-73-74(72-81-75(78)69-66-63-60-57-54-21-18-15-12-9-6-3)83-77(80)71-68-65-62-59-56-53-51-49-47-45-43-40-35-33-31-29-27-25-23-20-17-14-11-8-5-2/h7-8,10-11,15-20,24-27,30-33,36-37,39-41,43,47,49,74H,4-6,9,12-14,21-23,28-29,34-35,38,42,44-46,48,50-73H2,1-3H3/b10-7-,11-8-,18-15-,19-16-,20-17-,26-24-,27-25-,32-30-,33-31-,37-36-,41-39-,43-40-,49-47-. The van der Waals surface area contributed by atoms with Crippen LogP contribution in [0.3, 0.4) is 0 Å². The predicted octanol–water partition coefficient (Wildman–Crippen LogP) is 23.7. The fourth-order valence-corrected chi connectivity index (χ4v) is 8.96. The SMILES string of the molecule is CC/C=C\C/C=C\C/C=C\C/C=C\C/C=C\C/C=C\CCCCCCCCCCCCC(=O)OCC(COC(=O)CCCCCCC/C=C\CCCC)OC(=O)CCCCCCCC/C=C\C/C=C\C/C=C\C/C=C\C/C=C\C/C=C\CC. The second kappa shape index (κ2) is 69.5. The number of carbonyl (C=O) groups is 3. The molecule has 0 saturated heterocycles. The van der Waals surface area contributed by atoms with Gasteiger partial charge in [0.25, 0.3) is 0 Å². The Morgan fingerprint density at radius 2 is 0.470 bits per heavy atom. The topological polar surface area (TPSA) is 78.9 Å². The van der Waals surface area contributed by atoms with Crippen LogP contribution in [0.25, 0.3) is 0 Å². The van der Waals surface area contributed by atoms with Crippen LogP contribution in [0.4, 0.5) is 0 Å². The minimum Gasteiger partial charge on any atom is -0.462 e. The van der Waals surface area contributed by atoms with Gasteiger partial charge < -0.3 is 14.2 Å². The molecule has 83 heavy (non-hydrogen) atoms. The first-order valence-electron chi connectivity index (χ1n) is 34.0. The molecule has 0 radical (unpaired) electrons. The van der Waals surface area contributed by atoms with E-state index in [2.05, 4.69) is 179 Å². The lowest BCUT2D eigenvalue weighted by Crippen LogP contribution is -2.30. The molecule has 0 amide bonds. The number of hydrogen-bond donors (Lipinski definition) is 0. The van der Waals surface area contributed by atoms with Crippen molar-refractivity contribution in [1.29, 1.82) is 0 Å². The quantitative estimate of drug-likeness (QED) is 0.0261. The van der Waals surface area contributed by atoms with Crippen molar-refractivity contribution in [3.63, 3.8) is 0 Å². The van der Waals surface area contributed by atoms with Crippen molar-refractivity contribution < 1.29 is 28.6 Å². The molecule has 0 aliphatic carbocycles. The predicted molar refractivity (Wildman–Crippen MR) is 362 cm³/mol. The molecule has 0 spiro atoms. The van der Waals surface area contributed by atoms with Crippen LogP contribution in [0.2, 0.25) is 0 Å². The lowest BCUT2D eigenvalue weighted by atomic mass is 10.1. The molecule has 0 bridgehead atoms. The van der Waals surface area contributed by atoms with E-state index in [0.29, 0.717) is 19.3 Å². The highest BCUT2D eigenvalue weighted by Gasteiger charge is 2.19. The molecule has 1 unspecified atom stereocenters. The number of allylic oxidation sites excluding steroid dienone is 26. The number of rotatable bonds is 60. The van der Waals surface area contributed by atoms with E-state index in [1.165, 1.54) is 89.9 Å². The largest absolute Gasteiger partial charge is 0.462 e. The molecule has 6 heteroatoms. The van der Waals surface area contributed by atoms with E-state index >= 15 is 0 Å². The van der Waals surface area contributed by atoms with Gasteiger partial charge in [0.05, 0.1) is 0 Å². The van der Waals surface area contributed by atoms with Gasteiger partial charge in [-0.05, 0) is 141 Å². The summed E-state index contributed by atoms with van der Waals surface area (Å²) in [5, 5.41) is 0. The molecule has 0 fully saturated rings. The third-order valence-electron chi connectivity index (χ3n) is 14.0. The Hall–Kier alpha value is -4.97. The fourth-order valence-electron chi connectivity index (χ4n) is 8.96. The zero-order valence-electron chi connectivity index (χ0n) is 53.7. The molecule has 0 aliphatic heterocycles. The van der Waals surface area contributed by atoms with Crippen LogP contribution in [0, 0.1) is 0 Å². The van der Waals surface area contributed by atoms with Crippen LogP contribution in [0.5, 0.6) is 0 Å². The van der Waals surface area contributed by atoms with E-state index in [1.807, 2.05) is 0 Å². The highest BCUT2D eigenvalue weighted by molar-refractivity contribution is 5.71. The van der Waals surface area contributed by atoms with Crippen LogP contribution in [0.15, 0.2) is 158 Å². The summed E-state index contributed by atoms with van der Waals surface area (Å²) in [6.07, 6.45) is 101.